The Bertz CT molecular complexity index is 760. The minimum Gasteiger partial charge on any atom is -0.455 e. The molecule has 0 saturated heterocycles. The van der Waals surface area contributed by atoms with Crippen LogP contribution in [-0.2, 0) is 12.3 Å². The number of nitrogens with one attached hydrogen (secondary N) is 2. The number of carbonyl (C=O) groups is 1. The molecule has 4 nitrogen and oxygen atoms in total. The fraction of sp³-hybridized carbons (Fsp3) is 0.188. The molecule has 0 saturated carbocycles. The number of amides is 1. The van der Waals surface area contributed by atoms with Gasteiger partial charge in [0.15, 0.2) is 5.76 Å². The maximum atomic E-state index is 11.9. The Kier molecular flexibility index (Phi) is 3.97. The van der Waals surface area contributed by atoms with E-state index < -0.39 is 0 Å². The van der Waals surface area contributed by atoms with E-state index >= 15 is 0 Å². The van der Waals surface area contributed by atoms with Gasteiger partial charge in [-0.05, 0) is 30.2 Å². The molecule has 0 radical (unpaired) electrons. The average molecular weight is 303 g/mol. The minimum atomic E-state index is -0.216. The second-order valence-electron chi connectivity index (χ2n) is 4.76. The summed E-state index contributed by atoms with van der Waals surface area (Å²) < 4.78 is 5.30. The molecule has 0 aliphatic rings. The molecular formula is C16H15ClN2O2. The summed E-state index contributed by atoms with van der Waals surface area (Å²) in [5, 5.41) is 4.04. The van der Waals surface area contributed by atoms with Crippen molar-refractivity contribution in [3.8, 4) is 0 Å². The standard InChI is InChI=1S/C16H15ClN2O2/c17-9-12-5-6-15(21-12)16(20)18-8-7-11-10-19-14-4-2-1-3-13(11)14/h1-6,10,19H,7-9H2,(H,18,20). The predicted octanol–water partition coefficient (Wildman–Crippen LogP) is 3.47. The van der Waals surface area contributed by atoms with Crippen LogP contribution in [-0.4, -0.2) is 17.4 Å². The Labute approximate surface area is 127 Å². The van der Waals surface area contributed by atoms with Crippen molar-refractivity contribution in [1.29, 1.82) is 0 Å². The van der Waals surface area contributed by atoms with Gasteiger partial charge in [-0.3, -0.25) is 4.79 Å². The molecule has 0 spiro atoms. The van der Waals surface area contributed by atoms with Crippen LogP contribution in [0.4, 0.5) is 0 Å². The summed E-state index contributed by atoms with van der Waals surface area (Å²) in [6.07, 6.45) is 2.74. The molecule has 2 heterocycles. The quantitative estimate of drug-likeness (QED) is 0.709. The van der Waals surface area contributed by atoms with E-state index in [9.17, 15) is 4.79 Å². The number of fused-ring (bicyclic) bond motifs is 1. The molecule has 0 bridgehead atoms. The van der Waals surface area contributed by atoms with E-state index in [-0.39, 0.29) is 11.8 Å². The highest BCUT2D eigenvalue weighted by Gasteiger charge is 2.10. The molecule has 5 heteroatoms. The third-order valence-corrected chi connectivity index (χ3v) is 3.64. The first-order chi connectivity index (χ1) is 10.3. The molecule has 2 N–H and O–H groups in total. The van der Waals surface area contributed by atoms with Crippen molar-refractivity contribution in [2.75, 3.05) is 6.54 Å². The van der Waals surface area contributed by atoms with Crippen LogP contribution in [0.25, 0.3) is 10.9 Å². The molecule has 2 aromatic heterocycles. The molecule has 0 atom stereocenters. The van der Waals surface area contributed by atoms with Crippen LogP contribution in [0.5, 0.6) is 0 Å². The zero-order chi connectivity index (χ0) is 14.7. The highest BCUT2D eigenvalue weighted by molar-refractivity contribution is 6.16. The fourth-order valence-corrected chi connectivity index (χ4v) is 2.45. The molecule has 0 fully saturated rings. The first-order valence-electron chi connectivity index (χ1n) is 6.76. The summed E-state index contributed by atoms with van der Waals surface area (Å²) in [7, 11) is 0. The van der Waals surface area contributed by atoms with Gasteiger partial charge in [-0.2, -0.15) is 0 Å². The number of alkyl halides is 1. The van der Waals surface area contributed by atoms with Crippen LogP contribution in [0.15, 0.2) is 47.0 Å². The van der Waals surface area contributed by atoms with Gasteiger partial charge in [0.05, 0.1) is 5.88 Å². The number of aromatic nitrogens is 1. The lowest BCUT2D eigenvalue weighted by molar-refractivity contribution is 0.0925. The largest absolute Gasteiger partial charge is 0.455 e. The molecule has 0 aliphatic heterocycles. The first kappa shape index (κ1) is 13.8. The predicted molar refractivity (Wildman–Crippen MR) is 82.6 cm³/mol. The van der Waals surface area contributed by atoms with E-state index in [1.54, 1.807) is 12.1 Å². The van der Waals surface area contributed by atoms with Crippen molar-refractivity contribution in [2.24, 2.45) is 0 Å². The smallest absolute Gasteiger partial charge is 0.287 e. The van der Waals surface area contributed by atoms with Crippen LogP contribution in [0.2, 0.25) is 0 Å². The lowest BCUT2D eigenvalue weighted by Gasteiger charge is -2.02. The molecule has 108 valence electrons. The maximum Gasteiger partial charge on any atom is 0.287 e. The topological polar surface area (TPSA) is 58.0 Å². The van der Waals surface area contributed by atoms with Crippen molar-refractivity contribution in [1.82, 2.24) is 10.3 Å². The number of hydrogen-bond acceptors (Lipinski definition) is 2. The number of halogens is 1. The second-order valence-corrected chi connectivity index (χ2v) is 5.03. The Morgan fingerprint density at radius 3 is 2.90 bits per heavy atom. The number of rotatable bonds is 5. The number of hydrogen-bond donors (Lipinski definition) is 2. The fourth-order valence-electron chi connectivity index (χ4n) is 2.31. The Morgan fingerprint density at radius 1 is 1.24 bits per heavy atom. The van der Waals surface area contributed by atoms with E-state index in [0.717, 1.165) is 11.9 Å². The van der Waals surface area contributed by atoms with Gasteiger partial charge in [0.2, 0.25) is 0 Å². The first-order valence-corrected chi connectivity index (χ1v) is 7.29. The second kappa shape index (κ2) is 6.06. The lowest BCUT2D eigenvalue weighted by Crippen LogP contribution is -2.25. The molecular weight excluding hydrogens is 288 g/mol. The van der Waals surface area contributed by atoms with Crippen molar-refractivity contribution >= 4 is 28.4 Å². The molecule has 1 aromatic carbocycles. The summed E-state index contributed by atoms with van der Waals surface area (Å²) >= 11 is 5.64. The third kappa shape index (κ3) is 2.95. The van der Waals surface area contributed by atoms with Gasteiger partial charge in [0.1, 0.15) is 5.76 Å². The normalized spacial score (nSPS) is 10.9. The molecule has 0 aliphatic carbocycles. The van der Waals surface area contributed by atoms with E-state index in [0.29, 0.717) is 18.1 Å². The summed E-state index contributed by atoms with van der Waals surface area (Å²) in [6.45, 7) is 0.553. The summed E-state index contributed by atoms with van der Waals surface area (Å²) in [5.41, 5.74) is 2.29. The van der Waals surface area contributed by atoms with E-state index in [1.165, 1.54) is 10.9 Å². The van der Waals surface area contributed by atoms with Crippen LogP contribution < -0.4 is 5.32 Å². The summed E-state index contributed by atoms with van der Waals surface area (Å²) in [4.78, 5) is 15.1. The highest BCUT2D eigenvalue weighted by atomic mass is 35.5. The van der Waals surface area contributed by atoms with E-state index in [1.807, 2.05) is 24.4 Å². The SMILES string of the molecule is O=C(NCCc1c[nH]c2ccccc12)c1ccc(CCl)o1. The Hall–Kier alpha value is -2.20. The third-order valence-electron chi connectivity index (χ3n) is 3.37. The van der Waals surface area contributed by atoms with Crippen molar-refractivity contribution < 1.29 is 9.21 Å². The van der Waals surface area contributed by atoms with Crippen LogP contribution >= 0.6 is 11.6 Å². The molecule has 3 aromatic rings. The zero-order valence-electron chi connectivity index (χ0n) is 11.4. The highest BCUT2D eigenvalue weighted by Crippen LogP contribution is 2.17. The Balaban J connectivity index is 1.59. The maximum absolute atomic E-state index is 11.9. The number of carbonyl (C=O) groups excluding carboxylic acids is 1. The van der Waals surface area contributed by atoms with Gasteiger partial charge < -0.3 is 14.7 Å². The van der Waals surface area contributed by atoms with E-state index in [2.05, 4.69) is 16.4 Å². The van der Waals surface area contributed by atoms with Crippen molar-refractivity contribution in [3.63, 3.8) is 0 Å². The van der Waals surface area contributed by atoms with Gasteiger partial charge >= 0.3 is 0 Å². The van der Waals surface area contributed by atoms with Crippen LogP contribution in [0.1, 0.15) is 21.9 Å². The zero-order valence-corrected chi connectivity index (χ0v) is 12.1. The summed E-state index contributed by atoms with van der Waals surface area (Å²) in [6, 6.07) is 11.5. The van der Waals surface area contributed by atoms with Gasteiger partial charge in [0.25, 0.3) is 5.91 Å². The minimum absolute atomic E-state index is 0.216. The Morgan fingerprint density at radius 2 is 2.10 bits per heavy atom. The average Bonchev–Trinajstić information content (AvgIpc) is 3.14. The molecule has 0 unspecified atom stereocenters. The van der Waals surface area contributed by atoms with Crippen molar-refractivity contribution in [3.05, 3.63) is 59.7 Å². The summed E-state index contributed by atoms with van der Waals surface area (Å²) in [5.74, 6) is 0.942. The number of aromatic amines is 1. The van der Waals surface area contributed by atoms with Crippen LogP contribution in [0, 0.1) is 0 Å². The molecule has 1 amide bonds. The van der Waals surface area contributed by atoms with Gasteiger partial charge in [-0.25, -0.2) is 0 Å². The number of para-hydroxylation sites is 1. The van der Waals surface area contributed by atoms with Crippen LogP contribution in [0.3, 0.4) is 0 Å². The number of benzene rings is 1. The van der Waals surface area contributed by atoms with Gasteiger partial charge in [0, 0.05) is 23.6 Å². The molecule has 21 heavy (non-hydrogen) atoms. The number of H-pyrrole nitrogens is 1. The monoisotopic (exact) mass is 302 g/mol. The lowest BCUT2D eigenvalue weighted by atomic mass is 10.1. The van der Waals surface area contributed by atoms with E-state index in [4.69, 9.17) is 16.0 Å². The number of furan rings is 1. The molecule has 3 rings (SSSR count). The van der Waals surface area contributed by atoms with Gasteiger partial charge in [-0.1, -0.05) is 18.2 Å². The van der Waals surface area contributed by atoms with Crippen molar-refractivity contribution in [2.45, 2.75) is 12.3 Å². The van der Waals surface area contributed by atoms with Gasteiger partial charge in [-0.15, -0.1) is 11.6 Å².